The number of hydrogen-bond acceptors (Lipinski definition) is 5. The van der Waals surface area contributed by atoms with E-state index in [1.807, 2.05) is 11.8 Å². The Labute approximate surface area is 92.8 Å². The number of nitrogens with zero attached hydrogens (tertiary/aromatic N) is 2. The molecule has 5 heteroatoms. The van der Waals surface area contributed by atoms with E-state index in [0.29, 0.717) is 17.0 Å². The lowest BCUT2D eigenvalue weighted by molar-refractivity contribution is -0.116. The van der Waals surface area contributed by atoms with Crippen molar-refractivity contribution in [3.8, 4) is 0 Å². The lowest BCUT2D eigenvalue weighted by atomic mass is 10.2. The summed E-state index contributed by atoms with van der Waals surface area (Å²) in [6.45, 7) is 1.53. The van der Waals surface area contributed by atoms with Crippen molar-refractivity contribution in [2.75, 3.05) is 5.75 Å². The lowest BCUT2D eigenvalue weighted by Gasteiger charge is -2.02. The third-order valence-electron chi connectivity index (χ3n) is 2.34. The van der Waals surface area contributed by atoms with Gasteiger partial charge in [-0.15, -0.1) is 0 Å². The minimum Gasteiger partial charge on any atom is -0.339 e. The highest BCUT2D eigenvalue weighted by molar-refractivity contribution is 8.00. The summed E-state index contributed by atoms with van der Waals surface area (Å²) in [6.07, 6.45) is 3.63. The van der Waals surface area contributed by atoms with Gasteiger partial charge >= 0.3 is 0 Å². The average molecular weight is 226 g/mol. The molecule has 0 aromatic carbocycles. The quantitative estimate of drug-likeness (QED) is 0.781. The molecule has 15 heavy (non-hydrogen) atoms. The van der Waals surface area contributed by atoms with Crippen LogP contribution in [-0.2, 0) is 17.6 Å². The molecule has 1 aliphatic heterocycles. The maximum atomic E-state index is 10.8. The number of rotatable bonds is 4. The molecule has 1 atom stereocenters. The van der Waals surface area contributed by atoms with Crippen LogP contribution in [-0.4, -0.2) is 26.9 Å². The van der Waals surface area contributed by atoms with Gasteiger partial charge in [-0.3, -0.25) is 4.79 Å². The second-order valence-corrected chi connectivity index (χ2v) is 5.23. The van der Waals surface area contributed by atoms with Gasteiger partial charge in [0.15, 0.2) is 5.82 Å². The first kappa shape index (κ1) is 10.7. The highest BCUT2D eigenvalue weighted by Gasteiger charge is 2.19. The van der Waals surface area contributed by atoms with Gasteiger partial charge in [0.05, 0.1) is 6.42 Å². The van der Waals surface area contributed by atoms with Crippen LogP contribution in [0.2, 0.25) is 0 Å². The van der Waals surface area contributed by atoms with Gasteiger partial charge in [-0.25, -0.2) is 0 Å². The summed E-state index contributed by atoms with van der Waals surface area (Å²) in [5.74, 6) is 2.49. The summed E-state index contributed by atoms with van der Waals surface area (Å²) >= 11 is 1.97. The molecule has 0 saturated carbocycles. The van der Waals surface area contributed by atoms with E-state index in [9.17, 15) is 4.79 Å². The van der Waals surface area contributed by atoms with Gasteiger partial charge in [0.2, 0.25) is 5.89 Å². The summed E-state index contributed by atoms with van der Waals surface area (Å²) in [7, 11) is 0. The third-order valence-corrected chi connectivity index (χ3v) is 3.74. The topological polar surface area (TPSA) is 56.0 Å². The highest BCUT2D eigenvalue weighted by atomic mass is 32.2. The second-order valence-electron chi connectivity index (χ2n) is 3.82. The zero-order valence-corrected chi connectivity index (χ0v) is 9.55. The Hall–Kier alpha value is -0.840. The van der Waals surface area contributed by atoms with E-state index < -0.39 is 0 Å². The first-order chi connectivity index (χ1) is 7.24. The fourth-order valence-corrected chi connectivity index (χ4v) is 2.93. The minimum atomic E-state index is 0.0672. The molecule has 0 N–H and O–H groups in total. The maximum Gasteiger partial charge on any atom is 0.227 e. The summed E-state index contributed by atoms with van der Waals surface area (Å²) in [4.78, 5) is 15.0. The van der Waals surface area contributed by atoms with Crippen molar-refractivity contribution in [1.29, 1.82) is 0 Å². The summed E-state index contributed by atoms with van der Waals surface area (Å²) < 4.78 is 5.10. The molecular formula is C10H14N2O2S. The highest BCUT2D eigenvalue weighted by Crippen LogP contribution is 2.28. The zero-order valence-electron chi connectivity index (χ0n) is 8.73. The molecule has 1 fully saturated rings. The largest absolute Gasteiger partial charge is 0.339 e. The van der Waals surface area contributed by atoms with E-state index in [1.165, 1.54) is 25.5 Å². The predicted molar refractivity (Wildman–Crippen MR) is 57.9 cm³/mol. The van der Waals surface area contributed by atoms with Crippen LogP contribution < -0.4 is 0 Å². The number of hydrogen-bond donors (Lipinski definition) is 0. The van der Waals surface area contributed by atoms with Crippen molar-refractivity contribution >= 4 is 17.5 Å². The molecule has 2 heterocycles. The smallest absolute Gasteiger partial charge is 0.227 e. The molecule has 1 unspecified atom stereocenters. The van der Waals surface area contributed by atoms with E-state index in [4.69, 9.17) is 4.52 Å². The molecule has 0 amide bonds. The molecule has 0 aliphatic carbocycles. The van der Waals surface area contributed by atoms with Crippen LogP contribution in [0.25, 0.3) is 0 Å². The Morgan fingerprint density at radius 3 is 3.20 bits per heavy atom. The fraction of sp³-hybridized carbons (Fsp3) is 0.700. The fourth-order valence-electron chi connectivity index (χ4n) is 1.67. The van der Waals surface area contributed by atoms with E-state index in [0.717, 1.165) is 6.42 Å². The lowest BCUT2D eigenvalue weighted by Crippen LogP contribution is -2.03. The Kier molecular flexibility index (Phi) is 3.41. The first-order valence-corrected chi connectivity index (χ1v) is 6.21. The summed E-state index contributed by atoms with van der Waals surface area (Å²) in [5, 5.41) is 4.40. The van der Waals surface area contributed by atoms with Crippen LogP contribution in [0.4, 0.5) is 0 Å². The van der Waals surface area contributed by atoms with Crippen LogP contribution >= 0.6 is 11.8 Å². The normalized spacial score (nSPS) is 20.7. The van der Waals surface area contributed by atoms with Crippen molar-refractivity contribution in [2.45, 2.75) is 37.9 Å². The van der Waals surface area contributed by atoms with Crippen molar-refractivity contribution in [1.82, 2.24) is 10.1 Å². The molecule has 1 saturated heterocycles. The van der Waals surface area contributed by atoms with Crippen molar-refractivity contribution < 1.29 is 9.32 Å². The van der Waals surface area contributed by atoms with Gasteiger partial charge in [0.25, 0.3) is 0 Å². The summed E-state index contributed by atoms with van der Waals surface area (Å²) in [6, 6.07) is 0. The minimum absolute atomic E-state index is 0.0672. The number of Topliss-reactive ketones (excluding diaryl/α,β-unsaturated/α-hetero) is 1. The molecule has 4 nitrogen and oxygen atoms in total. The number of thioether (sulfide) groups is 1. The maximum absolute atomic E-state index is 10.8. The molecular weight excluding hydrogens is 212 g/mol. The molecule has 0 radical (unpaired) electrons. The van der Waals surface area contributed by atoms with E-state index in [2.05, 4.69) is 10.1 Å². The standard InChI is InChI=1S/C10H14N2O2S/c1-7(13)5-9-11-10(14-12-9)6-8-3-2-4-15-8/h8H,2-6H2,1H3. The van der Waals surface area contributed by atoms with Gasteiger partial charge in [-0.2, -0.15) is 16.7 Å². The molecule has 1 aromatic rings. The van der Waals surface area contributed by atoms with Crippen molar-refractivity contribution in [3.63, 3.8) is 0 Å². The van der Waals surface area contributed by atoms with Crippen LogP contribution in [0.5, 0.6) is 0 Å². The number of carbonyl (C=O) groups is 1. The van der Waals surface area contributed by atoms with Gasteiger partial charge in [0, 0.05) is 11.7 Å². The Balaban J connectivity index is 1.91. The second kappa shape index (κ2) is 4.79. The average Bonchev–Trinajstić information content (AvgIpc) is 2.77. The molecule has 1 aliphatic rings. The van der Waals surface area contributed by atoms with Crippen molar-refractivity contribution in [3.05, 3.63) is 11.7 Å². The van der Waals surface area contributed by atoms with Gasteiger partial charge in [-0.1, -0.05) is 5.16 Å². The SMILES string of the molecule is CC(=O)Cc1noc(CC2CCCS2)n1. The number of carbonyl (C=O) groups excluding carboxylic acids is 1. The first-order valence-electron chi connectivity index (χ1n) is 5.16. The molecule has 82 valence electrons. The van der Waals surface area contributed by atoms with E-state index in [-0.39, 0.29) is 12.2 Å². The molecule has 2 rings (SSSR count). The van der Waals surface area contributed by atoms with Crippen LogP contribution in [0, 0.1) is 0 Å². The molecule has 0 bridgehead atoms. The monoisotopic (exact) mass is 226 g/mol. The van der Waals surface area contributed by atoms with Crippen LogP contribution in [0.15, 0.2) is 4.52 Å². The van der Waals surface area contributed by atoms with Gasteiger partial charge < -0.3 is 4.52 Å². The van der Waals surface area contributed by atoms with Gasteiger partial charge in [-0.05, 0) is 25.5 Å². The number of ketones is 1. The number of aromatic nitrogens is 2. The summed E-state index contributed by atoms with van der Waals surface area (Å²) in [5.41, 5.74) is 0. The molecule has 0 spiro atoms. The van der Waals surface area contributed by atoms with Crippen molar-refractivity contribution in [2.24, 2.45) is 0 Å². The molecule has 1 aromatic heterocycles. The predicted octanol–water partition coefficient (Wildman–Crippen LogP) is 1.64. The zero-order chi connectivity index (χ0) is 10.7. The van der Waals surface area contributed by atoms with Gasteiger partial charge in [0.1, 0.15) is 5.78 Å². The van der Waals surface area contributed by atoms with E-state index in [1.54, 1.807) is 0 Å². The Bertz CT molecular complexity index is 345. The van der Waals surface area contributed by atoms with E-state index >= 15 is 0 Å². The third kappa shape index (κ3) is 3.06. The van der Waals surface area contributed by atoms with Crippen LogP contribution in [0.1, 0.15) is 31.5 Å². The Morgan fingerprint density at radius 1 is 1.67 bits per heavy atom. The Morgan fingerprint density at radius 2 is 2.53 bits per heavy atom. The van der Waals surface area contributed by atoms with Crippen LogP contribution in [0.3, 0.4) is 0 Å².